The molecule has 0 aliphatic rings. The van der Waals surface area contributed by atoms with Crippen molar-refractivity contribution in [1.82, 2.24) is 9.80 Å². The third-order valence-electron chi connectivity index (χ3n) is 5.53. The Morgan fingerprint density at radius 1 is 0.914 bits per heavy atom. The predicted molar refractivity (Wildman–Crippen MR) is 140 cm³/mol. The number of carbonyl (C=O) groups is 2. The number of nitrogens with one attached hydrogen (secondary N) is 1. The molecule has 0 spiro atoms. The molecule has 0 fully saturated rings. The van der Waals surface area contributed by atoms with Crippen molar-refractivity contribution in [3.8, 4) is 11.5 Å². The summed E-state index contributed by atoms with van der Waals surface area (Å²) >= 11 is 1.62. The van der Waals surface area contributed by atoms with Crippen LogP contribution in [0.2, 0.25) is 0 Å². The average molecular weight is 496 g/mol. The standard InChI is InChI=1S/C27H33N3O4S/c1-4-15-30(27(32)28-22-9-6-5-7-10-22)20-26(31)29(19-23-11-8-17-35-23)16-14-21-12-13-24(33-2)25(18-21)34-3/h5-13,17-18H,4,14-16,19-20H2,1-3H3,(H,28,32). The van der Waals surface area contributed by atoms with Crippen LogP contribution >= 0.6 is 11.3 Å². The minimum Gasteiger partial charge on any atom is -0.493 e. The highest BCUT2D eigenvalue weighted by atomic mass is 32.1. The van der Waals surface area contributed by atoms with Crippen molar-refractivity contribution in [2.45, 2.75) is 26.3 Å². The first-order chi connectivity index (χ1) is 17.0. The first-order valence-corrected chi connectivity index (χ1v) is 12.5. The van der Waals surface area contributed by atoms with Crippen molar-refractivity contribution in [2.75, 3.05) is 39.2 Å². The van der Waals surface area contributed by atoms with Gasteiger partial charge in [-0.2, -0.15) is 0 Å². The normalized spacial score (nSPS) is 10.5. The third-order valence-corrected chi connectivity index (χ3v) is 6.39. The Hall–Kier alpha value is -3.52. The van der Waals surface area contributed by atoms with E-state index >= 15 is 0 Å². The number of nitrogens with zero attached hydrogens (tertiary/aromatic N) is 2. The van der Waals surface area contributed by atoms with Gasteiger partial charge in [0.25, 0.3) is 0 Å². The van der Waals surface area contributed by atoms with Crippen LogP contribution in [0.25, 0.3) is 0 Å². The van der Waals surface area contributed by atoms with E-state index in [1.54, 1.807) is 30.5 Å². The van der Waals surface area contributed by atoms with Gasteiger partial charge in [-0.1, -0.05) is 37.3 Å². The zero-order valence-electron chi connectivity index (χ0n) is 20.5. The van der Waals surface area contributed by atoms with Crippen molar-refractivity contribution in [2.24, 2.45) is 0 Å². The van der Waals surface area contributed by atoms with Gasteiger partial charge in [0.1, 0.15) is 6.54 Å². The number of urea groups is 1. The van der Waals surface area contributed by atoms with Crippen molar-refractivity contribution < 1.29 is 19.1 Å². The van der Waals surface area contributed by atoms with Crippen LogP contribution < -0.4 is 14.8 Å². The van der Waals surface area contributed by atoms with Gasteiger partial charge in [0, 0.05) is 23.7 Å². The second-order valence-corrected chi connectivity index (χ2v) is 9.08. The lowest BCUT2D eigenvalue weighted by Gasteiger charge is -2.27. The smallest absolute Gasteiger partial charge is 0.322 e. The maximum Gasteiger partial charge on any atom is 0.322 e. The highest BCUT2D eigenvalue weighted by molar-refractivity contribution is 7.09. The van der Waals surface area contributed by atoms with Crippen LogP contribution in [0.1, 0.15) is 23.8 Å². The van der Waals surface area contributed by atoms with Crippen LogP contribution in [0.15, 0.2) is 66.0 Å². The van der Waals surface area contributed by atoms with Gasteiger partial charge >= 0.3 is 6.03 Å². The second kappa shape index (κ2) is 13.4. The molecule has 0 atom stereocenters. The highest BCUT2D eigenvalue weighted by Crippen LogP contribution is 2.28. The van der Waals surface area contributed by atoms with E-state index in [1.165, 1.54) is 0 Å². The van der Waals surface area contributed by atoms with Crippen LogP contribution in [0.4, 0.5) is 10.5 Å². The zero-order chi connectivity index (χ0) is 25.0. The fourth-order valence-electron chi connectivity index (χ4n) is 3.69. The lowest BCUT2D eigenvalue weighted by atomic mass is 10.1. The topological polar surface area (TPSA) is 71.1 Å². The van der Waals surface area contributed by atoms with Crippen molar-refractivity contribution in [1.29, 1.82) is 0 Å². The van der Waals surface area contributed by atoms with E-state index in [2.05, 4.69) is 5.32 Å². The van der Waals surface area contributed by atoms with E-state index in [1.807, 2.05) is 77.9 Å². The number of anilines is 1. The van der Waals surface area contributed by atoms with E-state index in [9.17, 15) is 9.59 Å². The summed E-state index contributed by atoms with van der Waals surface area (Å²) in [5.41, 5.74) is 1.74. The molecule has 186 valence electrons. The third kappa shape index (κ3) is 7.75. The molecule has 3 aromatic rings. The molecule has 0 radical (unpaired) electrons. The molecule has 8 heteroatoms. The molecule has 3 rings (SSSR count). The van der Waals surface area contributed by atoms with Gasteiger partial charge < -0.3 is 24.6 Å². The monoisotopic (exact) mass is 495 g/mol. The first-order valence-electron chi connectivity index (χ1n) is 11.7. The molecule has 0 unspecified atom stereocenters. The maximum absolute atomic E-state index is 13.4. The number of carbonyl (C=O) groups excluding carboxylic acids is 2. The van der Waals surface area contributed by atoms with E-state index in [-0.39, 0.29) is 18.5 Å². The lowest BCUT2D eigenvalue weighted by Crippen LogP contribution is -2.45. The summed E-state index contributed by atoms with van der Waals surface area (Å²) in [6.07, 6.45) is 1.41. The molecule has 1 heterocycles. The molecule has 0 saturated carbocycles. The van der Waals surface area contributed by atoms with Gasteiger partial charge in [-0.25, -0.2) is 4.79 Å². The summed E-state index contributed by atoms with van der Waals surface area (Å²) < 4.78 is 10.7. The number of hydrogen-bond acceptors (Lipinski definition) is 5. The van der Waals surface area contributed by atoms with Gasteiger partial charge in [0.05, 0.1) is 20.8 Å². The first kappa shape index (κ1) is 26.1. The molecule has 1 aromatic heterocycles. The number of ether oxygens (including phenoxy) is 2. The number of hydrogen-bond donors (Lipinski definition) is 1. The Kier molecular flexibility index (Phi) is 9.98. The Balaban J connectivity index is 1.71. The van der Waals surface area contributed by atoms with Gasteiger partial charge in [-0.05, 0) is 54.1 Å². The average Bonchev–Trinajstić information content (AvgIpc) is 3.39. The number of thiophene rings is 1. The van der Waals surface area contributed by atoms with Crippen LogP contribution in [0, 0.1) is 0 Å². The zero-order valence-corrected chi connectivity index (χ0v) is 21.3. The van der Waals surface area contributed by atoms with Crippen molar-refractivity contribution in [3.05, 3.63) is 76.5 Å². The van der Waals surface area contributed by atoms with Gasteiger partial charge in [0.2, 0.25) is 5.91 Å². The van der Waals surface area contributed by atoms with E-state index in [4.69, 9.17) is 9.47 Å². The quantitative estimate of drug-likeness (QED) is 0.371. The number of para-hydroxylation sites is 1. The van der Waals surface area contributed by atoms with Crippen LogP contribution in [-0.2, 0) is 17.8 Å². The molecular weight excluding hydrogens is 462 g/mol. The maximum atomic E-state index is 13.4. The fourth-order valence-corrected chi connectivity index (χ4v) is 4.41. The molecule has 7 nitrogen and oxygen atoms in total. The SMILES string of the molecule is CCCN(CC(=O)N(CCc1ccc(OC)c(OC)c1)Cc1cccs1)C(=O)Nc1ccccc1. The summed E-state index contributed by atoms with van der Waals surface area (Å²) in [6, 6.07) is 18.8. The summed E-state index contributed by atoms with van der Waals surface area (Å²) in [5, 5.41) is 4.89. The molecule has 0 aliphatic carbocycles. The molecule has 35 heavy (non-hydrogen) atoms. The van der Waals surface area contributed by atoms with Crippen molar-refractivity contribution >= 4 is 29.0 Å². The molecule has 0 bridgehead atoms. The fraction of sp³-hybridized carbons (Fsp3) is 0.333. The number of rotatable bonds is 12. The van der Waals surface area contributed by atoms with Gasteiger partial charge in [-0.15, -0.1) is 11.3 Å². The van der Waals surface area contributed by atoms with Crippen LogP contribution in [-0.4, -0.2) is 55.6 Å². The Morgan fingerprint density at radius 3 is 2.34 bits per heavy atom. The molecule has 2 aromatic carbocycles. The molecular formula is C27H33N3O4S. The summed E-state index contributed by atoms with van der Waals surface area (Å²) in [7, 11) is 3.21. The number of benzene rings is 2. The van der Waals surface area contributed by atoms with E-state index < -0.39 is 0 Å². The summed E-state index contributed by atoms with van der Waals surface area (Å²) in [5.74, 6) is 1.24. The van der Waals surface area contributed by atoms with Gasteiger partial charge in [0.15, 0.2) is 11.5 Å². The molecule has 0 saturated heterocycles. The van der Waals surface area contributed by atoms with Gasteiger partial charge in [-0.3, -0.25) is 4.79 Å². The molecule has 1 N–H and O–H groups in total. The summed E-state index contributed by atoms with van der Waals surface area (Å²) in [6.45, 7) is 3.53. The highest BCUT2D eigenvalue weighted by Gasteiger charge is 2.22. The summed E-state index contributed by atoms with van der Waals surface area (Å²) in [4.78, 5) is 30.8. The minimum absolute atomic E-state index is 0.0177. The molecule has 3 amide bonds. The predicted octanol–water partition coefficient (Wildman–Crippen LogP) is 5.28. The minimum atomic E-state index is -0.276. The van der Waals surface area contributed by atoms with Crippen LogP contribution in [0.3, 0.4) is 0 Å². The number of methoxy groups -OCH3 is 2. The molecule has 0 aliphatic heterocycles. The Morgan fingerprint density at radius 2 is 1.69 bits per heavy atom. The van der Waals surface area contributed by atoms with Crippen molar-refractivity contribution in [3.63, 3.8) is 0 Å². The second-order valence-electron chi connectivity index (χ2n) is 8.05. The van der Waals surface area contributed by atoms with E-state index in [0.29, 0.717) is 43.2 Å². The Bertz CT molecular complexity index is 1070. The Labute approximate surface area is 211 Å². The van der Waals surface area contributed by atoms with E-state index in [0.717, 1.165) is 16.9 Å². The largest absolute Gasteiger partial charge is 0.493 e. The number of amides is 3. The lowest BCUT2D eigenvalue weighted by molar-refractivity contribution is -0.132. The van der Waals surface area contributed by atoms with Crippen LogP contribution in [0.5, 0.6) is 11.5 Å².